The van der Waals surface area contributed by atoms with E-state index < -0.39 is 0 Å². The van der Waals surface area contributed by atoms with E-state index in [9.17, 15) is 4.79 Å². The summed E-state index contributed by atoms with van der Waals surface area (Å²) in [5.41, 5.74) is 2.34. The monoisotopic (exact) mass is 369 g/mol. The Morgan fingerprint density at radius 2 is 2.19 bits per heavy atom. The van der Waals surface area contributed by atoms with Gasteiger partial charge in [-0.15, -0.1) is 16.4 Å². The van der Waals surface area contributed by atoms with Gasteiger partial charge in [0, 0.05) is 16.6 Å². The number of nitrogens with zero attached hydrogens (tertiary/aromatic N) is 5. The maximum absolute atomic E-state index is 12.5. The number of aromatic nitrogens is 5. The second-order valence-corrected chi connectivity index (χ2v) is 7.36. The molecule has 0 spiro atoms. The van der Waals surface area contributed by atoms with E-state index >= 15 is 0 Å². The number of thiazole rings is 1. The number of amides is 1. The highest BCUT2D eigenvalue weighted by Gasteiger charge is 2.18. The fourth-order valence-electron chi connectivity index (χ4n) is 3.13. The molecule has 1 aliphatic rings. The van der Waals surface area contributed by atoms with Gasteiger partial charge < -0.3 is 5.32 Å². The summed E-state index contributed by atoms with van der Waals surface area (Å²) in [5, 5.41) is 18.1. The van der Waals surface area contributed by atoms with Crippen LogP contribution in [-0.2, 0) is 0 Å². The van der Waals surface area contributed by atoms with Crippen molar-refractivity contribution in [2.24, 2.45) is 0 Å². The Morgan fingerprint density at radius 3 is 2.92 bits per heavy atom. The molecule has 4 rings (SSSR count). The van der Waals surface area contributed by atoms with Gasteiger partial charge in [-0.2, -0.15) is 0 Å². The van der Waals surface area contributed by atoms with E-state index in [1.807, 2.05) is 25.3 Å². The molecule has 0 unspecified atom stereocenters. The van der Waals surface area contributed by atoms with Gasteiger partial charge in [0.25, 0.3) is 5.91 Å². The van der Waals surface area contributed by atoms with Crippen LogP contribution in [-0.4, -0.2) is 44.2 Å². The molecule has 1 saturated heterocycles. The lowest BCUT2D eigenvalue weighted by Crippen LogP contribution is -2.26. The lowest BCUT2D eigenvalue weighted by Gasteiger charge is -2.20. The Balaban J connectivity index is 1.46. The van der Waals surface area contributed by atoms with Crippen molar-refractivity contribution < 1.29 is 4.79 Å². The number of piperidine rings is 1. The standard InChI is InChI=1S/C17H19N7OS/c1-11-8-13(2-3-14(11)24-10-20-22-23-24)16(25)21-17-19-9-15(26-17)12-4-6-18-7-5-12/h2-3,8-10,12,18H,4-7H2,1H3,(H,19,21,25). The molecular weight excluding hydrogens is 350 g/mol. The molecule has 3 aromatic rings. The molecule has 26 heavy (non-hydrogen) atoms. The Hall–Kier alpha value is -2.65. The zero-order chi connectivity index (χ0) is 17.9. The highest BCUT2D eigenvalue weighted by atomic mass is 32.1. The van der Waals surface area contributed by atoms with Gasteiger partial charge in [0.2, 0.25) is 0 Å². The molecule has 8 nitrogen and oxygen atoms in total. The summed E-state index contributed by atoms with van der Waals surface area (Å²) in [5.74, 6) is 0.375. The molecule has 0 atom stereocenters. The van der Waals surface area contributed by atoms with Gasteiger partial charge in [0.05, 0.1) is 5.69 Å². The topological polar surface area (TPSA) is 97.6 Å². The first kappa shape index (κ1) is 16.8. The number of hydrogen-bond acceptors (Lipinski definition) is 7. The molecule has 0 saturated carbocycles. The minimum Gasteiger partial charge on any atom is -0.317 e. The Morgan fingerprint density at radius 1 is 1.35 bits per heavy atom. The van der Waals surface area contributed by atoms with E-state index in [0.717, 1.165) is 37.2 Å². The third-order valence-corrected chi connectivity index (χ3v) is 5.62. The average Bonchev–Trinajstić information content (AvgIpc) is 3.34. The summed E-state index contributed by atoms with van der Waals surface area (Å²) in [6.07, 6.45) is 5.66. The van der Waals surface area contributed by atoms with Crippen molar-refractivity contribution in [1.29, 1.82) is 0 Å². The summed E-state index contributed by atoms with van der Waals surface area (Å²) >= 11 is 1.57. The summed E-state index contributed by atoms with van der Waals surface area (Å²) in [4.78, 5) is 18.2. The number of benzene rings is 1. The van der Waals surface area contributed by atoms with Crippen molar-refractivity contribution >= 4 is 22.4 Å². The first-order chi connectivity index (χ1) is 12.7. The van der Waals surface area contributed by atoms with E-state index in [-0.39, 0.29) is 5.91 Å². The second kappa shape index (κ2) is 7.30. The molecule has 2 aromatic heterocycles. The maximum atomic E-state index is 12.5. The van der Waals surface area contributed by atoms with Crippen LogP contribution >= 0.6 is 11.3 Å². The highest BCUT2D eigenvalue weighted by molar-refractivity contribution is 7.15. The van der Waals surface area contributed by atoms with E-state index in [0.29, 0.717) is 16.6 Å². The summed E-state index contributed by atoms with van der Waals surface area (Å²) in [7, 11) is 0. The predicted molar refractivity (Wildman–Crippen MR) is 98.8 cm³/mol. The quantitative estimate of drug-likeness (QED) is 0.731. The second-order valence-electron chi connectivity index (χ2n) is 6.30. The number of aryl methyl sites for hydroxylation is 1. The maximum Gasteiger partial charge on any atom is 0.257 e. The van der Waals surface area contributed by atoms with Crippen LogP contribution in [0.2, 0.25) is 0 Å². The average molecular weight is 369 g/mol. The van der Waals surface area contributed by atoms with Crippen molar-refractivity contribution in [2.45, 2.75) is 25.7 Å². The van der Waals surface area contributed by atoms with Gasteiger partial charge in [-0.05, 0) is 73.0 Å². The summed E-state index contributed by atoms with van der Waals surface area (Å²) in [6.45, 7) is 4.00. The molecule has 2 N–H and O–H groups in total. The summed E-state index contributed by atoms with van der Waals surface area (Å²) < 4.78 is 1.57. The van der Waals surface area contributed by atoms with Gasteiger partial charge in [-0.25, -0.2) is 9.67 Å². The van der Waals surface area contributed by atoms with Crippen LogP contribution in [0.3, 0.4) is 0 Å². The van der Waals surface area contributed by atoms with Crippen molar-refractivity contribution in [3.63, 3.8) is 0 Å². The molecule has 9 heteroatoms. The van der Waals surface area contributed by atoms with Crippen LogP contribution in [0.5, 0.6) is 0 Å². The first-order valence-electron chi connectivity index (χ1n) is 8.52. The smallest absolute Gasteiger partial charge is 0.257 e. The molecule has 3 heterocycles. The van der Waals surface area contributed by atoms with Crippen molar-refractivity contribution in [3.8, 4) is 5.69 Å². The van der Waals surface area contributed by atoms with Crippen LogP contribution in [0.1, 0.15) is 39.6 Å². The van der Waals surface area contributed by atoms with Crippen molar-refractivity contribution in [1.82, 2.24) is 30.5 Å². The number of carbonyl (C=O) groups excluding carboxylic acids is 1. The van der Waals surface area contributed by atoms with Crippen LogP contribution in [0.4, 0.5) is 5.13 Å². The SMILES string of the molecule is Cc1cc(C(=O)Nc2ncc(C3CCNCC3)s2)ccc1-n1cnnn1. The predicted octanol–water partition coefficient (Wildman–Crippen LogP) is 2.15. The molecule has 1 aromatic carbocycles. The lowest BCUT2D eigenvalue weighted by molar-refractivity contribution is 0.102. The molecule has 0 bridgehead atoms. The zero-order valence-corrected chi connectivity index (χ0v) is 15.2. The van der Waals surface area contributed by atoms with E-state index in [2.05, 4.69) is 31.1 Å². The minimum absolute atomic E-state index is 0.164. The normalized spacial score (nSPS) is 15.1. The molecule has 1 amide bonds. The van der Waals surface area contributed by atoms with Crippen molar-refractivity contribution in [2.75, 3.05) is 18.4 Å². The number of rotatable bonds is 4. The van der Waals surface area contributed by atoms with E-state index in [1.165, 1.54) is 11.2 Å². The minimum atomic E-state index is -0.164. The van der Waals surface area contributed by atoms with Crippen LogP contribution < -0.4 is 10.6 Å². The van der Waals surface area contributed by atoms with E-state index in [1.54, 1.807) is 22.1 Å². The van der Waals surface area contributed by atoms with Crippen LogP contribution in [0, 0.1) is 6.92 Å². The zero-order valence-electron chi connectivity index (χ0n) is 14.3. The molecular formula is C17H19N7OS. The largest absolute Gasteiger partial charge is 0.317 e. The fraction of sp³-hybridized carbons (Fsp3) is 0.353. The number of nitrogens with one attached hydrogen (secondary N) is 2. The van der Waals surface area contributed by atoms with Crippen molar-refractivity contribution in [3.05, 3.63) is 46.7 Å². The molecule has 1 fully saturated rings. The number of tetrazole rings is 1. The summed E-state index contributed by atoms with van der Waals surface area (Å²) in [6, 6.07) is 5.43. The highest BCUT2D eigenvalue weighted by Crippen LogP contribution is 2.31. The Kier molecular flexibility index (Phi) is 4.72. The fourth-order valence-corrected chi connectivity index (χ4v) is 4.11. The number of anilines is 1. The molecule has 134 valence electrons. The Labute approximate surface area is 154 Å². The van der Waals surface area contributed by atoms with Gasteiger partial charge in [0.15, 0.2) is 5.13 Å². The third-order valence-electron chi connectivity index (χ3n) is 4.54. The molecule has 0 aliphatic carbocycles. The number of carbonyl (C=O) groups is 1. The van der Waals surface area contributed by atoms with Gasteiger partial charge in [-0.1, -0.05) is 0 Å². The molecule has 0 radical (unpaired) electrons. The van der Waals surface area contributed by atoms with Gasteiger partial charge in [-0.3, -0.25) is 10.1 Å². The third kappa shape index (κ3) is 3.49. The first-order valence-corrected chi connectivity index (χ1v) is 9.34. The van der Waals surface area contributed by atoms with E-state index in [4.69, 9.17) is 0 Å². The Bertz CT molecular complexity index is 900. The number of hydrogen-bond donors (Lipinski definition) is 2. The van der Waals surface area contributed by atoms with Crippen LogP contribution in [0.15, 0.2) is 30.7 Å². The van der Waals surface area contributed by atoms with Gasteiger partial charge >= 0.3 is 0 Å². The molecule has 1 aliphatic heterocycles. The van der Waals surface area contributed by atoms with Gasteiger partial charge in [0.1, 0.15) is 6.33 Å². The lowest BCUT2D eigenvalue weighted by atomic mass is 9.97. The van der Waals surface area contributed by atoms with Crippen LogP contribution in [0.25, 0.3) is 5.69 Å².